The molecule has 1 atom stereocenters. The van der Waals surface area contributed by atoms with Gasteiger partial charge in [0.1, 0.15) is 11.6 Å². The molecule has 0 radical (unpaired) electrons. The highest BCUT2D eigenvalue weighted by molar-refractivity contribution is 5.83. The average molecular weight is 302 g/mol. The number of aromatic nitrogens is 1. The van der Waals surface area contributed by atoms with E-state index < -0.39 is 12.0 Å². The van der Waals surface area contributed by atoms with Crippen molar-refractivity contribution in [2.45, 2.75) is 38.1 Å². The molecule has 1 fully saturated rings. The molecule has 22 heavy (non-hydrogen) atoms. The van der Waals surface area contributed by atoms with Crippen molar-refractivity contribution in [1.29, 1.82) is 0 Å². The van der Waals surface area contributed by atoms with Gasteiger partial charge < -0.3 is 14.8 Å². The zero-order chi connectivity index (χ0) is 15.5. The number of oxazole rings is 1. The lowest BCUT2D eigenvalue weighted by molar-refractivity contribution is -0.142. The van der Waals surface area contributed by atoms with Gasteiger partial charge in [-0.3, -0.25) is 4.79 Å². The lowest BCUT2D eigenvalue weighted by Crippen LogP contribution is -2.41. The van der Waals surface area contributed by atoms with E-state index in [1.54, 1.807) is 0 Å². The molecule has 3 rings (SSSR count). The largest absolute Gasteiger partial charge is 0.480 e. The molecule has 6 heteroatoms. The minimum Gasteiger partial charge on any atom is -0.480 e. The molecule has 116 valence electrons. The van der Waals surface area contributed by atoms with Crippen molar-refractivity contribution < 1.29 is 19.1 Å². The van der Waals surface area contributed by atoms with Crippen LogP contribution >= 0.6 is 0 Å². The van der Waals surface area contributed by atoms with Crippen LogP contribution in [0, 0.1) is 5.92 Å². The number of nitrogens with one attached hydrogen (secondary N) is 1. The van der Waals surface area contributed by atoms with Crippen LogP contribution in [0.4, 0.5) is 0 Å². The highest BCUT2D eigenvalue weighted by atomic mass is 16.4. The summed E-state index contributed by atoms with van der Waals surface area (Å²) in [5, 5.41) is 11.7. The van der Waals surface area contributed by atoms with Gasteiger partial charge in [-0.05, 0) is 24.5 Å². The van der Waals surface area contributed by atoms with E-state index in [0.29, 0.717) is 30.2 Å². The van der Waals surface area contributed by atoms with Gasteiger partial charge in [0.15, 0.2) is 11.5 Å². The van der Waals surface area contributed by atoms with Crippen molar-refractivity contribution in [2.75, 3.05) is 0 Å². The third-order valence-corrected chi connectivity index (χ3v) is 3.80. The van der Waals surface area contributed by atoms with Gasteiger partial charge in [0.05, 0.1) is 0 Å². The number of aliphatic carboxylic acids is 1. The first-order valence-electron chi connectivity index (χ1n) is 7.48. The molecule has 1 aliphatic carbocycles. The smallest absolute Gasteiger partial charge is 0.326 e. The summed E-state index contributed by atoms with van der Waals surface area (Å²) < 4.78 is 5.54. The van der Waals surface area contributed by atoms with Crippen molar-refractivity contribution >= 4 is 23.0 Å². The maximum Gasteiger partial charge on any atom is 0.326 e. The van der Waals surface area contributed by atoms with Crippen LogP contribution in [0.2, 0.25) is 0 Å². The molecular weight excluding hydrogens is 284 g/mol. The van der Waals surface area contributed by atoms with E-state index in [0.717, 1.165) is 18.4 Å². The predicted molar refractivity (Wildman–Crippen MR) is 79.2 cm³/mol. The second kappa shape index (κ2) is 6.17. The lowest BCUT2D eigenvalue weighted by atomic mass is 10.1. The number of amides is 1. The first-order valence-corrected chi connectivity index (χ1v) is 7.48. The third-order valence-electron chi connectivity index (χ3n) is 3.80. The zero-order valence-electron chi connectivity index (χ0n) is 12.1. The van der Waals surface area contributed by atoms with Crippen molar-refractivity contribution in [1.82, 2.24) is 10.3 Å². The summed E-state index contributed by atoms with van der Waals surface area (Å²) in [5.41, 5.74) is 1.45. The molecule has 1 aromatic heterocycles. The van der Waals surface area contributed by atoms with E-state index in [1.165, 1.54) is 0 Å². The summed E-state index contributed by atoms with van der Waals surface area (Å²) in [5.74, 6) is -0.318. The van der Waals surface area contributed by atoms with Crippen LogP contribution < -0.4 is 5.32 Å². The van der Waals surface area contributed by atoms with Gasteiger partial charge in [-0.2, -0.15) is 0 Å². The summed E-state index contributed by atoms with van der Waals surface area (Å²) in [4.78, 5) is 27.3. The van der Waals surface area contributed by atoms with E-state index in [4.69, 9.17) is 9.52 Å². The minimum atomic E-state index is -0.970. The number of hydrogen-bond donors (Lipinski definition) is 2. The Bertz CT molecular complexity index is 657. The fourth-order valence-corrected chi connectivity index (χ4v) is 2.42. The summed E-state index contributed by atoms with van der Waals surface area (Å²) in [7, 11) is 0. The van der Waals surface area contributed by atoms with Crippen LogP contribution in [0.25, 0.3) is 11.1 Å². The second-order valence-corrected chi connectivity index (χ2v) is 5.71. The Balaban J connectivity index is 1.53. The lowest BCUT2D eigenvalue weighted by Gasteiger charge is -2.13. The van der Waals surface area contributed by atoms with Crippen molar-refractivity contribution in [3.8, 4) is 0 Å². The number of carbonyl (C=O) groups excluding carboxylic acids is 1. The highest BCUT2D eigenvalue weighted by Gasteiger charge is 2.30. The molecule has 1 amide bonds. The van der Waals surface area contributed by atoms with Gasteiger partial charge >= 0.3 is 5.97 Å². The van der Waals surface area contributed by atoms with Gasteiger partial charge in [-0.15, -0.1) is 0 Å². The predicted octanol–water partition coefficient (Wildman–Crippen LogP) is 2.13. The molecule has 1 saturated carbocycles. The Labute approximate surface area is 127 Å². The van der Waals surface area contributed by atoms with E-state index in [1.807, 2.05) is 24.3 Å². The van der Waals surface area contributed by atoms with E-state index in [2.05, 4.69) is 10.3 Å². The topological polar surface area (TPSA) is 92.4 Å². The monoisotopic (exact) mass is 302 g/mol. The molecule has 2 N–H and O–H groups in total. The maximum atomic E-state index is 11.9. The molecule has 0 spiro atoms. The van der Waals surface area contributed by atoms with Crippen molar-refractivity contribution in [2.24, 2.45) is 5.92 Å². The Morgan fingerprint density at radius 3 is 2.82 bits per heavy atom. The van der Waals surface area contributed by atoms with E-state index >= 15 is 0 Å². The summed E-state index contributed by atoms with van der Waals surface area (Å²) in [6.45, 7) is 0. The summed E-state index contributed by atoms with van der Waals surface area (Å²) in [6.07, 6.45) is 3.16. The second-order valence-electron chi connectivity index (χ2n) is 5.71. The fourth-order valence-electron chi connectivity index (χ4n) is 2.42. The molecule has 0 saturated heterocycles. The molecule has 0 bridgehead atoms. The zero-order valence-corrected chi connectivity index (χ0v) is 12.1. The van der Waals surface area contributed by atoms with Crippen LogP contribution in [0.3, 0.4) is 0 Å². The first kappa shape index (κ1) is 14.6. The number of rotatable bonds is 7. The number of para-hydroxylation sites is 2. The van der Waals surface area contributed by atoms with Crippen LogP contribution in [0.5, 0.6) is 0 Å². The number of carboxylic acid groups (broad SMARTS) is 1. The minimum absolute atomic E-state index is 0.168. The van der Waals surface area contributed by atoms with Gasteiger partial charge in [-0.25, -0.2) is 9.78 Å². The van der Waals surface area contributed by atoms with Gasteiger partial charge in [0, 0.05) is 12.8 Å². The van der Waals surface area contributed by atoms with Crippen LogP contribution in [0.15, 0.2) is 28.7 Å². The molecular formula is C16H18N2O4. The Morgan fingerprint density at radius 2 is 2.14 bits per heavy atom. The molecule has 0 aliphatic heterocycles. The van der Waals surface area contributed by atoms with Gasteiger partial charge in [0.2, 0.25) is 5.91 Å². The number of hydrogen-bond acceptors (Lipinski definition) is 4. The number of carbonyl (C=O) groups is 2. The summed E-state index contributed by atoms with van der Waals surface area (Å²) >= 11 is 0. The average Bonchev–Trinajstić information content (AvgIpc) is 3.21. The SMILES string of the molecule is O=C(CCc1nc2ccccc2o1)NC(CC1CC1)C(=O)O. The van der Waals surface area contributed by atoms with Crippen molar-refractivity contribution in [3.63, 3.8) is 0 Å². The normalized spacial score (nSPS) is 15.6. The van der Waals surface area contributed by atoms with Crippen LogP contribution in [-0.4, -0.2) is 28.0 Å². The van der Waals surface area contributed by atoms with Crippen molar-refractivity contribution in [3.05, 3.63) is 30.2 Å². The third kappa shape index (κ3) is 3.63. The Hall–Kier alpha value is -2.37. The standard InChI is InChI=1S/C16H18N2O4/c19-14(17-12(16(20)21)9-10-5-6-10)7-8-15-18-11-3-1-2-4-13(11)22-15/h1-4,10,12H,5-9H2,(H,17,19)(H,20,21). The Kier molecular flexibility index (Phi) is 4.09. The van der Waals surface area contributed by atoms with Crippen LogP contribution in [-0.2, 0) is 16.0 Å². The molecule has 1 aromatic carbocycles. The number of carboxylic acids is 1. The van der Waals surface area contributed by atoms with Crippen LogP contribution in [0.1, 0.15) is 31.6 Å². The van der Waals surface area contributed by atoms with E-state index in [9.17, 15) is 9.59 Å². The number of fused-ring (bicyclic) bond motifs is 1. The molecule has 1 unspecified atom stereocenters. The number of nitrogens with zero attached hydrogens (tertiary/aromatic N) is 1. The molecule has 1 aliphatic rings. The number of aryl methyl sites for hydroxylation is 1. The van der Waals surface area contributed by atoms with E-state index in [-0.39, 0.29) is 12.3 Å². The summed E-state index contributed by atoms with van der Waals surface area (Å²) in [6, 6.07) is 6.61. The molecule has 1 heterocycles. The highest BCUT2D eigenvalue weighted by Crippen LogP contribution is 2.33. The number of benzene rings is 1. The fraction of sp³-hybridized carbons (Fsp3) is 0.438. The maximum absolute atomic E-state index is 11.9. The van der Waals surface area contributed by atoms with Gasteiger partial charge in [-0.1, -0.05) is 25.0 Å². The molecule has 2 aromatic rings. The quantitative estimate of drug-likeness (QED) is 0.817. The van der Waals surface area contributed by atoms with Gasteiger partial charge in [0.25, 0.3) is 0 Å². The first-order chi connectivity index (χ1) is 10.6. The Morgan fingerprint density at radius 1 is 1.36 bits per heavy atom. The molecule has 6 nitrogen and oxygen atoms in total.